The second kappa shape index (κ2) is 7.62. The van der Waals surface area contributed by atoms with Crippen LogP contribution in [0.25, 0.3) is 0 Å². The molecule has 1 saturated heterocycles. The Morgan fingerprint density at radius 3 is 2.87 bits per heavy atom. The van der Waals surface area contributed by atoms with Crippen LogP contribution in [-0.4, -0.2) is 44.7 Å². The fraction of sp³-hybridized carbons (Fsp3) is 0.812. The van der Waals surface area contributed by atoms with Crippen LogP contribution < -0.4 is 5.73 Å². The summed E-state index contributed by atoms with van der Waals surface area (Å²) in [6.07, 6.45) is 5.22. The van der Waals surface area contributed by atoms with Crippen molar-refractivity contribution in [2.24, 2.45) is 11.7 Å². The second-order valence-electron chi connectivity index (χ2n) is 6.76. The molecule has 1 fully saturated rings. The first-order chi connectivity index (χ1) is 10.6. The SMILES string of the molecule is CCC(C)C(N)C(=O)N1CCCC(c2nnc3n2CCC3)C1.Cl. The lowest BCUT2D eigenvalue weighted by molar-refractivity contribution is -0.135. The highest BCUT2D eigenvalue weighted by atomic mass is 35.5. The summed E-state index contributed by atoms with van der Waals surface area (Å²) >= 11 is 0. The number of amides is 1. The van der Waals surface area contributed by atoms with Gasteiger partial charge in [-0.3, -0.25) is 4.79 Å². The van der Waals surface area contributed by atoms with Gasteiger partial charge in [0.05, 0.1) is 6.04 Å². The van der Waals surface area contributed by atoms with E-state index in [9.17, 15) is 4.79 Å². The first kappa shape index (κ1) is 18.2. The number of aromatic nitrogens is 3. The van der Waals surface area contributed by atoms with Crippen molar-refractivity contribution in [1.82, 2.24) is 19.7 Å². The normalized spacial score (nSPS) is 23.1. The summed E-state index contributed by atoms with van der Waals surface area (Å²) in [6, 6.07) is -0.382. The van der Waals surface area contributed by atoms with Crippen molar-refractivity contribution in [1.29, 1.82) is 0 Å². The van der Waals surface area contributed by atoms with Crippen LogP contribution in [0.3, 0.4) is 0 Å². The van der Waals surface area contributed by atoms with Gasteiger partial charge in [0.25, 0.3) is 0 Å². The largest absolute Gasteiger partial charge is 0.341 e. The highest BCUT2D eigenvalue weighted by molar-refractivity contribution is 5.85. The van der Waals surface area contributed by atoms with E-state index < -0.39 is 0 Å². The molecule has 0 radical (unpaired) electrons. The molecule has 6 nitrogen and oxygen atoms in total. The van der Waals surface area contributed by atoms with Crippen LogP contribution in [0, 0.1) is 5.92 Å². The van der Waals surface area contributed by atoms with Crippen molar-refractivity contribution < 1.29 is 4.79 Å². The molecule has 1 amide bonds. The van der Waals surface area contributed by atoms with Gasteiger partial charge >= 0.3 is 0 Å². The van der Waals surface area contributed by atoms with Crippen molar-refractivity contribution in [2.75, 3.05) is 13.1 Å². The number of piperidine rings is 1. The Balaban J connectivity index is 0.00000192. The molecule has 0 aliphatic carbocycles. The van der Waals surface area contributed by atoms with Crippen LogP contribution >= 0.6 is 12.4 Å². The molecule has 1 aromatic heterocycles. The zero-order valence-electron chi connectivity index (χ0n) is 14.1. The van der Waals surface area contributed by atoms with E-state index >= 15 is 0 Å². The van der Waals surface area contributed by atoms with Gasteiger partial charge in [0, 0.05) is 32.0 Å². The molecule has 1 aromatic rings. The van der Waals surface area contributed by atoms with Gasteiger partial charge in [0.1, 0.15) is 11.6 Å². The minimum Gasteiger partial charge on any atom is -0.341 e. The van der Waals surface area contributed by atoms with Crippen molar-refractivity contribution in [3.63, 3.8) is 0 Å². The van der Waals surface area contributed by atoms with Crippen LogP contribution in [0.5, 0.6) is 0 Å². The zero-order chi connectivity index (χ0) is 15.7. The van der Waals surface area contributed by atoms with E-state index in [1.807, 2.05) is 4.90 Å². The summed E-state index contributed by atoms with van der Waals surface area (Å²) in [4.78, 5) is 14.6. The lowest BCUT2D eigenvalue weighted by Gasteiger charge is -2.35. The maximum absolute atomic E-state index is 12.6. The third kappa shape index (κ3) is 3.53. The molecule has 0 spiro atoms. The Bertz CT molecular complexity index is 547. The summed E-state index contributed by atoms with van der Waals surface area (Å²) in [5.41, 5.74) is 6.13. The van der Waals surface area contributed by atoms with Gasteiger partial charge in [-0.05, 0) is 25.2 Å². The standard InChI is InChI=1S/C16H27N5O.ClH/c1-3-11(2)14(17)16(22)20-8-4-6-12(10-20)15-19-18-13-7-5-9-21(13)15;/h11-12,14H,3-10,17H2,1-2H3;1H. The van der Waals surface area contributed by atoms with E-state index in [4.69, 9.17) is 5.73 Å². The number of likely N-dealkylation sites (tertiary alicyclic amines) is 1. The number of nitrogens with two attached hydrogens (primary N) is 1. The minimum absolute atomic E-state index is 0. The molecule has 2 aliphatic rings. The summed E-state index contributed by atoms with van der Waals surface area (Å²) in [6.45, 7) is 6.71. The van der Waals surface area contributed by atoms with E-state index in [1.165, 1.54) is 0 Å². The smallest absolute Gasteiger partial charge is 0.239 e. The minimum atomic E-state index is -0.382. The summed E-state index contributed by atoms with van der Waals surface area (Å²) < 4.78 is 2.26. The fourth-order valence-electron chi connectivity index (χ4n) is 3.57. The van der Waals surface area contributed by atoms with Gasteiger partial charge in [-0.2, -0.15) is 0 Å². The number of hydrogen-bond donors (Lipinski definition) is 1. The average Bonchev–Trinajstić information content (AvgIpc) is 3.16. The average molecular weight is 342 g/mol. The van der Waals surface area contributed by atoms with Crippen LogP contribution in [0.2, 0.25) is 0 Å². The highest BCUT2D eigenvalue weighted by Gasteiger charge is 2.32. The number of carbonyl (C=O) groups excluding carboxylic acids is 1. The van der Waals surface area contributed by atoms with Gasteiger partial charge in [-0.15, -0.1) is 22.6 Å². The molecular formula is C16H28ClN5O. The van der Waals surface area contributed by atoms with E-state index in [0.29, 0.717) is 5.92 Å². The van der Waals surface area contributed by atoms with Crippen LogP contribution in [0.1, 0.15) is 57.1 Å². The lowest BCUT2D eigenvalue weighted by atomic mass is 9.94. The van der Waals surface area contributed by atoms with Crippen molar-refractivity contribution in [3.8, 4) is 0 Å². The van der Waals surface area contributed by atoms with Crippen molar-refractivity contribution in [2.45, 2.75) is 64.5 Å². The monoisotopic (exact) mass is 341 g/mol. The Morgan fingerprint density at radius 1 is 1.35 bits per heavy atom. The van der Waals surface area contributed by atoms with Crippen molar-refractivity contribution in [3.05, 3.63) is 11.6 Å². The molecule has 3 atom stereocenters. The van der Waals surface area contributed by atoms with Gasteiger partial charge in [-0.1, -0.05) is 20.3 Å². The number of hydrogen-bond acceptors (Lipinski definition) is 4. The number of fused-ring (bicyclic) bond motifs is 1. The van der Waals surface area contributed by atoms with E-state index in [2.05, 4.69) is 28.6 Å². The predicted molar refractivity (Wildman–Crippen MR) is 91.6 cm³/mol. The number of halogens is 1. The molecule has 0 bridgehead atoms. The first-order valence-electron chi connectivity index (χ1n) is 8.58. The van der Waals surface area contributed by atoms with Crippen LogP contribution in [0.4, 0.5) is 0 Å². The van der Waals surface area contributed by atoms with Gasteiger partial charge in [0.15, 0.2) is 0 Å². The molecule has 2 N–H and O–H groups in total. The molecule has 3 rings (SSSR count). The Morgan fingerprint density at radius 2 is 2.13 bits per heavy atom. The molecule has 3 heterocycles. The third-order valence-electron chi connectivity index (χ3n) is 5.28. The molecule has 3 unspecified atom stereocenters. The molecule has 130 valence electrons. The maximum Gasteiger partial charge on any atom is 0.239 e. The topological polar surface area (TPSA) is 77.0 Å². The third-order valence-corrected chi connectivity index (χ3v) is 5.28. The molecule has 23 heavy (non-hydrogen) atoms. The fourth-order valence-corrected chi connectivity index (χ4v) is 3.57. The molecule has 2 aliphatic heterocycles. The van der Waals surface area contributed by atoms with E-state index in [0.717, 1.165) is 63.4 Å². The molecule has 0 aromatic carbocycles. The van der Waals surface area contributed by atoms with E-state index in [-0.39, 0.29) is 30.3 Å². The highest BCUT2D eigenvalue weighted by Crippen LogP contribution is 2.29. The first-order valence-corrected chi connectivity index (χ1v) is 8.58. The predicted octanol–water partition coefficient (Wildman–Crippen LogP) is 1.73. The number of rotatable bonds is 4. The number of carbonyl (C=O) groups is 1. The van der Waals surface area contributed by atoms with E-state index in [1.54, 1.807) is 0 Å². The molecule has 7 heteroatoms. The molecular weight excluding hydrogens is 314 g/mol. The van der Waals surface area contributed by atoms with Gasteiger partial charge in [-0.25, -0.2) is 0 Å². The number of aryl methyl sites for hydroxylation is 1. The summed E-state index contributed by atoms with van der Waals surface area (Å²) in [5.74, 6) is 2.81. The van der Waals surface area contributed by atoms with Gasteiger partial charge < -0.3 is 15.2 Å². The Hall–Kier alpha value is -1.14. The summed E-state index contributed by atoms with van der Waals surface area (Å²) in [7, 11) is 0. The maximum atomic E-state index is 12.6. The lowest BCUT2D eigenvalue weighted by Crippen LogP contribution is -2.50. The van der Waals surface area contributed by atoms with Crippen LogP contribution in [-0.2, 0) is 17.8 Å². The Labute approximate surface area is 144 Å². The number of nitrogens with zero attached hydrogens (tertiary/aromatic N) is 4. The zero-order valence-corrected chi connectivity index (χ0v) is 14.9. The van der Waals surface area contributed by atoms with Crippen molar-refractivity contribution >= 4 is 18.3 Å². The van der Waals surface area contributed by atoms with Crippen LogP contribution in [0.15, 0.2) is 0 Å². The Kier molecular flexibility index (Phi) is 6.03. The summed E-state index contributed by atoms with van der Waals surface area (Å²) in [5, 5.41) is 8.70. The quantitative estimate of drug-likeness (QED) is 0.904. The van der Waals surface area contributed by atoms with Gasteiger partial charge in [0.2, 0.25) is 5.91 Å². The molecule has 0 saturated carbocycles. The second-order valence-corrected chi connectivity index (χ2v) is 6.76.